The Bertz CT molecular complexity index is 595. The van der Waals surface area contributed by atoms with Crippen molar-refractivity contribution >= 4 is 16.7 Å². The summed E-state index contributed by atoms with van der Waals surface area (Å²) in [6.45, 7) is 1.08. The van der Waals surface area contributed by atoms with Crippen molar-refractivity contribution in [3.05, 3.63) is 47.5 Å². The number of carboxylic acid groups (broad SMARTS) is 1. The summed E-state index contributed by atoms with van der Waals surface area (Å²) in [5.74, 6) is -0.939. The molecule has 0 spiro atoms. The van der Waals surface area contributed by atoms with Gasteiger partial charge < -0.3 is 14.6 Å². The third-order valence-corrected chi connectivity index (χ3v) is 3.04. The van der Waals surface area contributed by atoms with Crippen molar-refractivity contribution < 1.29 is 19.4 Å². The molecule has 1 aliphatic heterocycles. The van der Waals surface area contributed by atoms with Gasteiger partial charge in [-0.3, -0.25) is 0 Å². The van der Waals surface area contributed by atoms with E-state index in [2.05, 4.69) is 0 Å². The predicted molar refractivity (Wildman–Crippen MR) is 65.6 cm³/mol. The van der Waals surface area contributed by atoms with Crippen molar-refractivity contribution in [1.29, 1.82) is 0 Å². The van der Waals surface area contributed by atoms with E-state index in [1.54, 1.807) is 12.1 Å². The van der Waals surface area contributed by atoms with Crippen molar-refractivity contribution in [2.45, 2.75) is 6.29 Å². The van der Waals surface area contributed by atoms with E-state index < -0.39 is 12.3 Å². The molecule has 18 heavy (non-hydrogen) atoms. The van der Waals surface area contributed by atoms with Crippen LogP contribution in [0.4, 0.5) is 0 Å². The molecule has 0 unspecified atom stereocenters. The molecule has 0 saturated carbocycles. The maximum atomic E-state index is 11.3. The van der Waals surface area contributed by atoms with Crippen molar-refractivity contribution in [1.82, 2.24) is 0 Å². The molecule has 0 bridgehead atoms. The third kappa shape index (κ3) is 1.75. The topological polar surface area (TPSA) is 55.8 Å². The Morgan fingerprint density at radius 1 is 1.11 bits per heavy atom. The van der Waals surface area contributed by atoms with Crippen molar-refractivity contribution in [3.8, 4) is 0 Å². The number of hydrogen-bond donors (Lipinski definition) is 1. The minimum absolute atomic E-state index is 0.280. The highest BCUT2D eigenvalue weighted by Crippen LogP contribution is 2.32. The lowest BCUT2D eigenvalue weighted by Crippen LogP contribution is -2.04. The van der Waals surface area contributed by atoms with Crippen LogP contribution < -0.4 is 0 Å². The zero-order valence-corrected chi connectivity index (χ0v) is 9.63. The van der Waals surface area contributed by atoms with Crippen LogP contribution >= 0.6 is 0 Å². The van der Waals surface area contributed by atoms with Gasteiger partial charge in [-0.2, -0.15) is 0 Å². The summed E-state index contributed by atoms with van der Waals surface area (Å²) < 4.78 is 10.9. The molecule has 3 rings (SSSR count). The van der Waals surface area contributed by atoms with E-state index in [0.29, 0.717) is 18.6 Å². The van der Waals surface area contributed by atoms with E-state index >= 15 is 0 Å². The minimum Gasteiger partial charge on any atom is -0.478 e. The van der Waals surface area contributed by atoms with Gasteiger partial charge in [0.25, 0.3) is 0 Å². The monoisotopic (exact) mass is 244 g/mol. The molecule has 0 aliphatic carbocycles. The van der Waals surface area contributed by atoms with Gasteiger partial charge in [-0.1, -0.05) is 30.3 Å². The second-order valence-electron chi connectivity index (χ2n) is 4.13. The summed E-state index contributed by atoms with van der Waals surface area (Å²) in [5, 5.41) is 10.8. The van der Waals surface area contributed by atoms with E-state index in [0.717, 1.165) is 10.9 Å². The molecule has 1 aliphatic rings. The molecule has 1 N–H and O–H groups in total. The molecular formula is C14H12O4. The fourth-order valence-corrected chi connectivity index (χ4v) is 2.28. The van der Waals surface area contributed by atoms with Crippen LogP contribution in [0.2, 0.25) is 0 Å². The van der Waals surface area contributed by atoms with Crippen LogP contribution in [-0.2, 0) is 9.47 Å². The molecule has 1 saturated heterocycles. The summed E-state index contributed by atoms with van der Waals surface area (Å²) in [7, 11) is 0. The lowest BCUT2D eigenvalue weighted by atomic mass is 9.99. The van der Waals surface area contributed by atoms with Crippen LogP contribution in [0.3, 0.4) is 0 Å². The van der Waals surface area contributed by atoms with Gasteiger partial charge >= 0.3 is 5.97 Å². The average Bonchev–Trinajstić information content (AvgIpc) is 2.91. The standard InChI is InChI=1S/C14H12O4/c15-13(16)10-5-1-3-9-4-2-6-11(12(9)10)14-17-7-8-18-14/h1-6,14H,7-8H2,(H,15,16). The number of ether oxygens (including phenoxy) is 2. The van der Waals surface area contributed by atoms with Crippen LogP contribution in [0.5, 0.6) is 0 Å². The Morgan fingerprint density at radius 3 is 2.44 bits per heavy atom. The maximum absolute atomic E-state index is 11.3. The van der Waals surface area contributed by atoms with Gasteiger partial charge in [-0.15, -0.1) is 0 Å². The van der Waals surface area contributed by atoms with Crippen molar-refractivity contribution in [2.24, 2.45) is 0 Å². The van der Waals surface area contributed by atoms with Crippen LogP contribution in [0.1, 0.15) is 22.2 Å². The van der Waals surface area contributed by atoms with Gasteiger partial charge in [0.1, 0.15) is 0 Å². The van der Waals surface area contributed by atoms with Gasteiger partial charge in [-0.05, 0) is 11.5 Å². The first kappa shape index (κ1) is 11.2. The summed E-state index contributed by atoms with van der Waals surface area (Å²) in [6, 6.07) is 10.9. The summed E-state index contributed by atoms with van der Waals surface area (Å²) in [6.07, 6.45) is -0.464. The largest absolute Gasteiger partial charge is 0.478 e. The lowest BCUT2D eigenvalue weighted by molar-refractivity contribution is -0.0430. The highest BCUT2D eigenvalue weighted by Gasteiger charge is 2.22. The number of benzene rings is 2. The number of rotatable bonds is 2. The zero-order chi connectivity index (χ0) is 12.5. The first-order chi connectivity index (χ1) is 8.77. The summed E-state index contributed by atoms with van der Waals surface area (Å²) >= 11 is 0. The van der Waals surface area contributed by atoms with E-state index in [9.17, 15) is 9.90 Å². The van der Waals surface area contributed by atoms with Gasteiger partial charge in [0.2, 0.25) is 0 Å². The normalized spacial score (nSPS) is 16.2. The average molecular weight is 244 g/mol. The SMILES string of the molecule is O=C(O)c1cccc2cccc(C3OCCO3)c12. The Hall–Kier alpha value is -1.91. The molecule has 1 heterocycles. The molecule has 0 aromatic heterocycles. The first-order valence-electron chi connectivity index (χ1n) is 5.75. The number of fused-ring (bicyclic) bond motifs is 1. The van der Waals surface area contributed by atoms with Crippen LogP contribution in [0.15, 0.2) is 36.4 Å². The zero-order valence-electron chi connectivity index (χ0n) is 9.63. The van der Waals surface area contributed by atoms with E-state index in [1.807, 2.05) is 24.3 Å². The van der Waals surface area contributed by atoms with E-state index in [4.69, 9.17) is 9.47 Å². The molecule has 2 aromatic carbocycles. The van der Waals surface area contributed by atoms with Gasteiger partial charge in [-0.25, -0.2) is 4.79 Å². The molecule has 2 aromatic rings. The second-order valence-corrected chi connectivity index (χ2v) is 4.13. The van der Waals surface area contributed by atoms with E-state index in [1.165, 1.54) is 0 Å². The fourth-order valence-electron chi connectivity index (χ4n) is 2.28. The molecule has 0 radical (unpaired) electrons. The molecule has 0 amide bonds. The molecule has 4 nitrogen and oxygen atoms in total. The van der Waals surface area contributed by atoms with Gasteiger partial charge in [0.15, 0.2) is 6.29 Å². The Morgan fingerprint density at radius 2 is 1.78 bits per heavy atom. The number of carboxylic acids is 1. The second kappa shape index (κ2) is 4.40. The van der Waals surface area contributed by atoms with Crippen LogP contribution in [0, 0.1) is 0 Å². The maximum Gasteiger partial charge on any atom is 0.336 e. The quantitative estimate of drug-likeness (QED) is 0.882. The smallest absolute Gasteiger partial charge is 0.336 e. The van der Waals surface area contributed by atoms with Crippen LogP contribution in [0.25, 0.3) is 10.8 Å². The van der Waals surface area contributed by atoms with Crippen molar-refractivity contribution in [3.63, 3.8) is 0 Å². The molecule has 0 atom stereocenters. The number of aromatic carboxylic acids is 1. The van der Waals surface area contributed by atoms with Crippen molar-refractivity contribution in [2.75, 3.05) is 13.2 Å². The summed E-state index contributed by atoms with van der Waals surface area (Å²) in [4.78, 5) is 11.3. The van der Waals surface area contributed by atoms with Crippen LogP contribution in [-0.4, -0.2) is 24.3 Å². The highest BCUT2D eigenvalue weighted by atomic mass is 16.7. The number of carbonyl (C=O) groups is 1. The highest BCUT2D eigenvalue weighted by molar-refractivity contribution is 6.05. The third-order valence-electron chi connectivity index (χ3n) is 3.04. The molecule has 92 valence electrons. The fraction of sp³-hybridized carbons (Fsp3) is 0.214. The Labute approximate surface area is 104 Å². The van der Waals surface area contributed by atoms with Gasteiger partial charge in [0.05, 0.1) is 18.8 Å². The lowest BCUT2D eigenvalue weighted by Gasteiger charge is -2.14. The number of hydrogen-bond acceptors (Lipinski definition) is 3. The minimum atomic E-state index is -0.939. The van der Waals surface area contributed by atoms with E-state index in [-0.39, 0.29) is 5.56 Å². The Kier molecular flexibility index (Phi) is 2.74. The first-order valence-corrected chi connectivity index (χ1v) is 5.75. The predicted octanol–water partition coefficient (Wildman–Crippen LogP) is 2.58. The molecular weight excluding hydrogens is 232 g/mol. The molecule has 4 heteroatoms. The summed E-state index contributed by atoms with van der Waals surface area (Å²) in [5.41, 5.74) is 1.06. The Balaban J connectivity index is 2.27. The van der Waals surface area contributed by atoms with Gasteiger partial charge in [0, 0.05) is 10.9 Å². The molecule has 1 fully saturated rings.